The quantitative estimate of drug-likeness (QED) is 0.376. The highest BCUT2D eigenvalue weighted by atomic mass is 16.5. The van der Waals surface area contributed by atoms with Crippen molar-refractivity contribution in [2.45, 2.75) is 33.2 Å². The summed E-state index contributed by atoms with van der Waals surface area (Å²) in [5, 5.41) is 7.35. The van der Waals surface area contributed by atoms with Gasteiger partial charge >= 0.3 is 5.97 Å². The van der Waals surface area contributed by atoms with E-state index in [0.717, 1.165) is 16.9 Å². The summed E-state index contributed by atoms with van der Waals surface area (Å²) in [4.78, 5) is 32.8. The van der Waals surface area contributed by atoms with E-state index < -0.39 is 5.97 Å². The first-order chi connectivity index (χ1) is 16.5. The summed E-state index contributed by atoms with van der Waals surface area (Å²) < 4.78 is 6.72. The Morgan fingerprint density at radius 2 is 1.79 bits per heavy atom. The maximum Gasteiger partial charge on any atom is 0.341 e. The average molecular weight is 458 g/mol. The molecular weight excluding hydrogens is 430 g/mol. The van der Waals surface area contributed by atoms with Crippen LogP contribution in [0.3, 0.4) is 0 Å². The van der Waals surface area contributed by atoms with Crippen LogP contribution in [0.5, 0.6) is 0 Å². The van der Waals surface area contributed by atoms with Gasteiger partial charge in [0.1, 0.15) is 11.4 Å². The molecule has 2 heterocycles. The second-order valence-corrected chi connectivity index (χ2v) is 7.81. The molecule has 8 heteroatoms. The number of nitrogens with one attached hydrogen (secondary N) is 2. The number of carbonyl (C=O) groups is 2. The number of amides is 1. The van der Waals surface area contributed by atoms with E-state index in [1.54, 1.807) is 49.0 Å². The van der Waals surface area contributed by atoms with E-state index in [1.807, 2.05) is 37.3 Å². The van der Waals surface area contributed by atoms with Crippen LogP contribution in [0, 0.1) is 6.92 Å². The number of ether oxygens (including phenoxy) is 1. The van der Waals surface area contributed by atoms with Gasteiger partial charge in [-0.25, -0.2) is 14.5 Å². The highest BCUT2D eigenvalue weighted by Gasteiger charge is 2.19. The van der Waals surface area contributed by atoms with Gasteiger partial charge in [0.25, 0.3) is 5.91 Å². The number of aromatic nitrogens is 4. The van der Waals surface area contributed by atoms with E-state index in [9.17, 15) is 9.59 Å². The fraction of sp³-hybridized carbons (Fsp3) is 0.231. The second-order valence-electron chi connectivity index (χ2n) is 7.81. The van der Waals surface area contributed by atoms with Crippen molar-refractivity contribution in [1.82, 2.24) is 25.1 Å². The van der Waals surface area contributed by atoms with Crippen LogP contribution in [0.4, 0.5) is 0 Å². The number of hydrogen-bond donors (Lipinski definition) is 2. The molecule has 1 atom stereocenters. The van der Waals surface area contributed by atoms with Crippen LogP contribution in [0.1, 0.15) is 58.5 Å². The zero-order valence-corrected chi connectivity index (χ0v) is 19.4. The average Bonchev–Trinajstić information content (AvgIpc) is 3.50. The summed E-state index contributed by atoms with van der Waals surface area (Å²) in [5.74, 6) is 0.117. The number of nitrogens with zero attached hydrogens (tertiary/aromatic N) is 3. The third-order valence-electron chi connectivity index (χ3n) is 5.60. The summed E-state index contributed by atoms with van der Waals surface area (Å²) in [6, 6.07) is 16.8. The van der Waals surface area contributed by atoms with Gasteiger partial charge in [-0.15, -0.1) is 0 Å². The first-order valence-electron chi connectivity index (χ1n) is 11.2. The molecule has 174 valence electrons. The summed E-state index contributed by atoms with van der Waals surface area (Å²) in [6.45, 7) is 5.87. The van der Waals surface area contributed by atoms with E-state index in [0.29, 0.717) is 35.7 Å². The molecule has 0 aliphatic carbocycles. The van der Waals surface area contributed by atoms with E-state index in [1.165, 1.54) is 6.20 Å². The standard InChI is InChI=1S/C26H27N5O3/c1-4-22(24-27-16-23(29-24)18-9-7-6-8-10-18)30-25(32)19-11-13-20(14-12-19)31-17(3)21(15-28-31)26(33)34-5-2/h6-16,22H,4-5H2,1-3H3,(H,27,29)(H,30,32). The molecule has 0 aliphatic heterocycles. The van der Waals surface area contributed by atoms with Gasteiger partial charge in [0.15, 0.2) is 0 Å². The lowest BCUT2D eigenvalue weighted by Gasteiger charge is -2.15. The van der Waals surface area contributed by atoms with E-state index in [4.69, 9.17) is 4.74 Å². The molecule has 1 unspecified atom stereocenters. The predicted molar refractivity (Wildman–Crippen MR) is 129 cm³/mol. The monoisotopic (exact) mass is 457 g/mol. The first kappa shape index (κ1) is 23.0. The zero-order valence-electron chi connectivity index (χ0n) is 19.4. The van der Waals surface area contributed by atoms with Gasteiger partial charge in [0.2, 0.25) is 0 Å². The molecule has 2 aromatic carbocycles. The number of imidazole rings is 1. The Labute approximate surface area is 198 Å². The molecule has 0 bridgehead atoms. The predicted octanol–water partition coefficient (Wildman–Crippen LogP) is 4.63. The van der Waals surface area contributed by atoms with Crippen molar-refractivity contribution in [2.24, 2.45) is 0 Å². The normalized spacial score (nSPS) is 11.7. The molecule has 4 aromatic rings. The molecule has 34 heavy (non-hydrogen) atoms. The van der Waals surface area contributed by atoms with Crippen molar-refractivity contribution in [3.8, 4) is 16.9 Å². The van der Waals surface area contributed by atoms with Gasteiger partial charge in [0.05, 0.1) is 42.1 Å². The minimum absolute atomic E-state index is 0.194. The van der Waals surface area contributed by atoms with Gasteiger partial charge in [-0.05, 0) is 50.1 Å². The molecule has 0 saturated carbocycles. The zero-order chi connectivity index (χ0) is 24.1. The lowest BCUT2D eigenvalue weighted by atomic mass is 10.1. The van der Waals surface area contributed by atoms with Gasteiger partial charge in [-0.2, -0.15) is 5.10 Å². The molecule has 0 saturated heterocycles. The Balaban J connectivity index is 1.47. The van der Waals surface area contributed by atoms with Crippen molar-refractivity contribution in [3.05, 3.63) is 89.6 Å². The maximum atomic E-state index is 12.9. The molecular formula is C26H27N5O3. The smallest absolute Gasteiger partial charge is 0.341 e. The summed E-state index contributed by atoms with van der Waals surface area (Å²) in [5.41, 5.74) is 4.31. The lowest BCUT2D eigenvalue weighted by molar-refractivity contribution is 0.0525. The van der Waals surface area contributed by atoms with Crippen molar-refractivity contribution in [3.63, 3.8) is 0 Å². The van der Waals surface area contributed by atoms with E-state index >= 15 is 0 Å². The molecule has 2 aromatic heterocycles. The number of rotatable bonds is 8. The van der Waals surface area contributed by atoms with Crippen molar-refractivity contribution in [2.75, 3.05) is 6.61 Å². The number of carbonyl (C=O) groups excluding carboxylic acids is 2. The fourth-order valence-electron chi connectivity index (χ4n) is 3.72. The van der Waals surface area contributed by atoms with Crippen molar-refractivity contribution < 1.29 is 14.3 Å². The van der Waals surface area contributed by atoms with Crippen molar-refractivity contribution >= 4 is 11.9 Å². The third-order valence-corrected chi connectivity index (χ3v) is 5.60. The number of H-pyrrole nitrogens is 1. The molecule has 4 rings (SSSR count). The number of aromatic amines is 1. The Morgan fingerprint density at radius 1 is 1.06 bits per heavy atom. The van der Waals surface area contributed by atoms with Gasteiger partial charge < -0.3 is 15.0 Å². The minimum Gasteiger partial charge on any atom is -0.462 e. The summed E-state index contributed by atoms with van der Waals surface area (Å²) in [7, 11) is 0. The third kappa shape index (κ3) is 4.76. The summed E-state index contributed by atoms with van der Waals surface area (Å²) >= 11 is 0. The highest BCUT2D eigenvalue weighted by molar-refractivity contribution is 5.94. The van der Waals surface area contributed by atoms with Crippen LogP contribution >= 0.6 is 0 Å². The number of benzene rings is 2. The van der Waals surface area contributed by atoms with Crippen LogP contribution in [0.25, 0.3) is 16.9 Å². The first-order valence-corrected chi connectivity index (χ1v) is 11.2. The second kappa shape index (κ2) is 10.2. The van der Waals surface area contributed by atoms with Gasteiger partial charge in [-0.3, -0.25) is 4.79 Å². The van der Waals surface area contributed by atoms with Crippen LogP contribution < -0.4 is 5.32 Å². The molecule has 0 fully saturated rings. The van der Waals surface area contributed by atoms with Crippen LogP contribution in [0.2, 0.25) is 0 Å². The van der Waals surface area contributed by atoms with E-state index in [-0.39, 0.29) is 11.9 Å². The number of hydrogen-bond acceptors (Lipinski definition) is 5. The number of esters is 1. The Kier molecular flexibility index (Phi) is 6.87. The summed E-state index contributed by atoms with van der Waals surface area (Å²) in [6.07, 6.45) is 3.97. The Morgan fingerprint density at radius 3 is 2.47 bits per heavy atom. The molecule has 0 aliphatic rings. The highest BCUT2D eigenvalue weighted by Crippen LogP contribution is 2.21. The topological polar surface area (TPSA) is 102 Å². The SMILES string of the molecule is CCOC(=O)c1cnn(-c2ccc(C(=O)NC(CC)c3ncc(-c4ccccc4)[nH]3)cc2)c1C. The maximum absolute atomic E-state index is 12.9. The lowest BCUT2D eigenvalue weighted by Crippen LogP contribution is -2.28. The minimum atomic E-state index is -0.402. The Hall–Kier alpha value is -4.20. The fourth-order valence-corrected chi connectivity index (χ4v) is 3.72. The Bertz CT molecular complexity index is 1280. The molecule has 1 amide bonds. The molecule has 2 N–H and O–H groups in total. The molecule has 8 nitrogen and oxygen atoms in total. The molecule has 0 radical (unpaired) electrons. The molecule has 0 spiro atoms. The largest absolute Gasteiger partial charge is 0.462 e. The van der Waals surface area contributed by atoms with Crippen LogP contribution in [-0.4, -0.2) is 38.2 Å². The van der Waals surface area contributed by atoms with Crippen LogP contribution in [0.15, 0.2) is 67.0 Å². The van der Waals surface area contributed by atoms with Gasteiger partial charge in [-0.1, -0.05) is 37.3 Å². The van der Waals surface area contributed by atoms with Crippen molar-refractivity contribution in [1.29, 1.82) is 0 Å². The van der Waals surface area contributed by atoms with Crippen LogP contribution in [-0.2, 0) is 4.74 Å². The van der Waals surface area contributed by atoms with E-state index in [2.05, 4.69) is 20.4 Å². The van der Waals surface area contributed by atoms with Gasteiger partial charge in [0, 0.05) is 5.56 Å².